The van der Waals surface area contributed by atoms with E-state index in [1.165, 1.54) is 12.3 Å². The van der Waals surface area contributed by atoms with Crippen molar-refractivity contribution in [2.45, 2.75) is 19.0 Å². The maximum Gasteiger partial charge on any atom is 0.419 e. The van der Waals surface area contributed by atoms with Gasteiger partial charge in [0.15, 0.2) is 0 Å². The molecule has 1 N–H and O–H groups in total. The third-order valence-electron chi connectivity index (χ3n) is 2.98. The van der Waals surface area contributed by atoms with Crippen LogP contribution in [0.1, 0.15) is 18.4 Å². The van der Waals surface area contributed by atoms with E-state index in [2.05, 4.69) is 10.3 Å². The summed E-state index contributed by atoms with van der Waals surface area (Å²) in [5, 5.41) is 2.76. The predicted molar refractivity (Wildman–Crippen MR) is 61.3 cm³/mol. The number of anilines is 1. The highest BCUT2D eigenvalue weighted by atomic mass is 19.4. The first-order valence-electron chi connectivity index (χ1n) is 5.91. The molecule has 1 aromatic rings. The first-order valence-corrected chi connectivity index (χ1v) is 5.91. The van der Waals surface area contributed by atoms with E-state index in [4.69, 9.17) is 4.74 Å². The molecule has 0 aliphatic carbocycles. The van der Waals surface area contributed by atoms with Gasteiger partial charge in [-0.1, -0.05) is 0 Å². The molecule has 3 nitrogen and oxygen atoms in total. The van der Waals surface area contributed by atoms with Crippen LogP contribution in [0.2, 0.25) is 0 Å². The van der Waals surface area contributed by atoms with Crippen molar-refractivity contribution in [3.63, 3.8) is 0 Å². The zero-order chi connectivity index (χ0) is 13.0. The van der Waals surface area contributed by atoms with Gasteiger partial charge in [-0.3, -0.25) is 0 Å². The maximum atomic E-state index is 12.7. The molecule has 1 fully saturated rings. The van der Waals surface area contributed by atoms with Crippen LogP contribution >= 0.6 is 0 Å². The summed E-state index contributed by atoms with van der Waals surface area (Å²) < 4.78 is 43.2. The minimum Gasteiger partial charge on any atom is -0.381 e. The SMILES string of the molecule is FC(F)(F)c1cccnc1NCCC1CCOC1. The number of hydrogen-bond acceptors (Lipinski definition) is 3. The van der Waals surface area contributed by atoms with Crippen LogP contribution in [0.15, 0.2) is 18.3 Å². The van der Waals surface area contributed by atoms with Crippen LogP contribution in [0.5, 0.6) is 0 Å². The van der Waals surface area contributed by atoms with Crippen molar-refractivity contribution in [3.05, 3.63) is 23.9 Å². The number of nitrogens with one attached hydrogen (secondary N) is 1. The third kappa shape index (κ3) is 3.35. The number of pyridine rings is 1. The fourth-order valence-corrected chi connectivity index (χ4v) is 1.98. The van der Waals surface area contributed by atoms with Crippen molar-refractivity contribution in [2.24, 2.45) is 5.92 Å². The lowest BCUT2D eigenvalue weighted by Gasteiger charge is -2.14. The van der Waals surface area contributed by atoms with E-state index < -0.39 is 11.7 Å². The molecule has 18 heavy (non-hydrogen) atoms. The molecule has 6 heteroatoms. The highest BCUT2D eigenvalue weighted by Crippen LogP contribution is 2.33. The monoisotopic (exact) mass is 260 g/mol. The predicted octanol–water partition coefficient (Wildman–Crippen LogP) is 2.94. The summed E-state index contributed by atoms with van der Waals surface area (Å²) in [6.07, 6.45) is -1.23. The molecule has 1 unspecified atom stereocenters. The second-order valence-corrected chi connectivity index (χ2v) is 4.34. The molecule has 1 atom stereocenters. The minimum atomic E-state index is -4.37. The summed E-state index contributed by atoms with van der Waals surface area (Å²) in [5.74, 6) is 0.347. The molecular formula is C12H15F3N2O. The molecule has 1 aliphatic rings. The molecule has 2 heterocycles. The Bertz CT molecular complexity index is 389. The van der Waals surface area contributed by atoms with Gasteiger partial charge in [-0.2, -0.15) is 13.2 Å². The van der Waals surface area contributed by atoms with Gasteiger partial charge >= 0.3 is 6.18 Å². The van der Waals surface area contributed by atoms with E-state index in [9.17, 15) is 13.2 Å². The molecule has 1 aromatic heterocycles. The summed E-state index contributed by atoms with van der Waals surface area (Å²) in [5.41, 5.74) is -0.715. The van der Waals surface area contributed by atoms with Crippen LogP contribution in [-0.4, -0.2) is 24.7 Å². The van der Waals surface area contributed by atoms with E-state index in [1.54, 1.807) is 0 Å². The number of alkyl halides is 3. The van der Waals surface area contributed by atoms with E-state index >= 15 is 0 Å². The number of nitrogens with zero attached hydrogens (tertiary/aromatic N) is 1. The zero-order valence-corrected chi connectivity index (χ0v) is 9.83. The average molecular weight is 260 g/mol. The van der Waals surface area contributed by atoms with Crippen LogP contribution in [0, 0.1) is 5.92 Å². The summed E-state index contributed by atoms with van der Waals surface area (Å²) in [6.45, 7) is 1.94. The number of ether oxygens (including phenoxy) is 1. The first kappa shape index (κ1) is 13.1. The van der Waals surface area contributed by atoms with E-state index in [0.717, 1.165) is 25.5 Å². The van der Waals surface area contributed by atoms with Crippen molar-refractivity contribution >= 4 is 5.82 Å². The summed E-state index contributed by atoms with van der Waals surface area (Å²) >= 11 is 0. The molecule has 100 valence electrons. The number of halogens is 3. The Hall–Kier alpha value is -1.30. The molecule has 1 saturated heterocycles. The Morgan fingerprint density at radius 1 is 1.44 bits per heavy atom. The lowest BCUT2D eigenvalue weighted by Crippen LogP contribution is -2.15. The molecule has 0 amide bonds. The highest BCUT2D eigenvalue weighted by Gasteiger charge is 2.34. The van der Waals surface area contributed by atoms with Gasteiger partial charge in [-0.15, -0.1) is 0 Å². The standard InChI is InChI=1S/C12H15F3N2O/c13-12(14,15)10-2-1-5-16-11(10)17-6-3-9-4-7-18-8-9/h1-2,5,9H,3-4,6-8H2,(H,16,17). The molecule has 0 saturated carbocycles. The Morgan fingerprint density at radius 3 is 2.94 bits per heavy atom. The quantitative estimate of drug-likeness (QED) is 0.903. The van der Waals surface area contributed by atoms with Gasteiger partial charge in [0, 0.05) is 26.0 Å². The van der Waals surface area contributed by atoms with Crippen molar-refractivity contribution in [2.75, 3.05) is 25.1 Å². The van der Waals surface area contributed by atoms with Crippen molar-refractivity contribution in [3.8, 4) is 0 Å². The molecular weight excluding hydrogens is 245 g/mol. The number of rotatable bonds is 4. The Morgan fingerprint density at radius 2 is 2.28 bits per heavy atom. The van der Waals surface area contributed by atoms with Crippen molar-refractivity contribution < 1.29 is 17.9 Å². The lowest BCUT2D eigenvalue weighted by molar-refractivity contribution is -0.137. The fourth-order valence-electron chi connectivity index (χ4n) is 1.98. The van der Waals surface area contributed by atoms with Gasteiger partial charge in [0.1, 0.15) is 5.82 Å². The van der Waals surface area contributed by atoms with E-state index in [1.807, 2.05) is 0 Å². The van der Waals surface area contributed by atoms with Gasteiger partial charge in [-0.05, 0) is 30.9 Å². The summed E-state index contributed by atoms with van der Waals surface area (Å²) in [7, 11) is 0. The van der Waals surface area contributed by atoms with Crippen molar-refractivity contribution in [1.29, 1.82) is 0 Å². The largest absolute Gasteiger partial charge is 0.419 e. The van der Waals surface area contributed by atoms with Gasteiger partial charge in [0.25, 0.3) is 0 Å². The highest BCUT2D eigenvalue weighted by molar-refractivity contribution is 5.45. The third-order valence-corrected chi connectivity index (χ3v) is 2.98. The second-order valence-electron chi connectivity index (χ2n) is 4.34. The molecule has 0 spiro atoms. The van der Waals surface area contributed by atoms with Crippen LogP contribution in [0.4, 0.5) is 19.0 Å². The van der Waals surface area contributed by atoms with Gasteiger partial charge in [-0.25, -0.2) is 4.98 Å². The van der Waals surface area contributed by atoms with Gasteiger partial charge < -0.3 is 10.1 Å². The Labute approximate surface area is 103 Å². The number of aromatic nitrogens is 1. The average Bonchev–Trinajstić information content (AvgIpc) is 2.81. The second kappa shape index (κ2) is 5.56. The fraction of sp³-hybridized carbons (Fsp3) is 0.583. The lowest BCUT2D eigenvalue weighted by atomic mass is 10.1. The smallest absolute Gasteiger partial charge is 0.381 e. The Balaban J connectivity index is 1.92. The number of hydrogen-bond donors (Lipinski definition) is 1. The van der Waals surface area contributed by atoms with Crippen LogP contribution in [0.25, 0.3) is 0 Å². The Kier molecular flexibility index (Phi) is 4.06. The summed E-state index contributed by atoms with van der Waals surface area (Å²) in [6, 6.07) is 2.33. The van der Waals surface area contributed by atoms with Crippen molar-refractivity contribution in [1.82, 2.24) is 4.98 Å². The molecule has 0 bridgehead atoms. The molecule has 0 aromatic carbocycles. The molecule has 1 aliphatic heterocycles. The van der Waals surface area contributed by atoms with E-state index in [0.29, 0.717) is 19.1 Å². The van der Waals surface area contributed by atoms with Gasteiger partial charge in [0.05, 0.1) is 5.56 Å². The van der Waals surface area contributed by atoms with Gasteiger partial charge in [0.2, 0.25) is 0 Å². The molecule has 0 radical (unpaired) electrons. The summed E-state index contributed by atoms with van der Waals surface area (Å²) in [4.78, 5) is 3.75. The first-order chi connectivity index (χ1) is 8.57. The minimum absolute atomic E-state index is 0.0936. The van der Waals surface area contributed by atoms with E-state index in [-0.39, 0.29) is 5.82 Å². The van der Waals surface area contributed by atoms with Crippen LogP contribution in [0.3, 0.4) is 0 Å². The van der Waals surface area contributed by atoms with Crippen LogP contribution < -0.4 is 5.32 Å². The maximum absolute atomic E-state index is 12.7. The molecule has 2 rings (SSSR count). The van der Waals surface area contributed by atoms with Crippen LogP contribution in [-0.2, 0) is 10.9 Å². The zero-order valence-electron chi connectivity index (χ0n) is 9.83. The normalized spacial score (nSPS) is 20.1. The topological polar surface area (TPSA) is 34.2 Å².